The monoisotopic (exact) mass is 487 g/mol. The van der Waals surface area contributed by atoms with Gasteiger partial charge in [0.25, 0.3) is 11.5 Å². The molecule has 0 saturated carbocycles. The number of rotatable bonds is 7. The van der Waals surface area contributed by atoms with Gasteiger partial charge in [-0.2, -0.15) is 4.98 Å². The van der Waals surface area contributed by atoms with Crippen LogP contribution in [0.25, 0.3) is 11.0 Å². The third-order valence-electron chi connectivity index (χ3n) is 6.94. The summed E-state index contributed by atoms with van der Waals surface area (Å²) in [5, 5.41) is 3.97. The number of halogens is 3. The van der Waals surface area contributed by atoms with Crippen molar-refractivity contribution in [2.24, 2.45) is 5.92 Å². The molecule has 4 rings (SSSR count). The van der Waals surface area contributed by atoms with Crippen LogP contribution in [0.15, 0.2) is 41.3 Å². The summed E-state index contributed by atoms with van der Waals surface area (Å²) in [6, 6.07) is 7.90. The lowest BCUT2D eigenvalue weighted by Crippen LogP contribution is -2.39. The summed E-state index contributed by atoms with van der Waals surface area (Å²) in [5.41, 5.74) is 1.63. The Morgan fingerprint density at radius 2 is 1.80 bits per heavy atom. The number of benzene rings is 1. The molecule has 0 spiro atoms. The lowest BCUT2D eigenvalue weighted by atomic mass is 10.0. The summed E-state index contributed by atoms with van der Waals surface area (Å²) in [7, 11) is 0. The van der Waals surface area contributed by atoms with Gasteiger partial charge in [0.15, 0.2) is 0 Å². The molecule has 0 aliphatic carbocycles. The number of anilines is 1. The van der Waals surface area contributed by atoms with E-state index >= 15 is 0 Å². The lowest BCUT2D eigenvalue weighted by molar-refractivity contribution is -0.0567. The topological polar surface area (TPSA) is 63.1 Å². The fraction of sp³-hybridized carbons (Fsp3) is 0.500. The predicted molar refractivity (Wildman–Crippen MR) is 131 cm³/mol. The molecule has 2 atom stereocenters. The van der Waals surface area contributed by atoms with Crippen LogP contribution >= 0.6 is 0 Å². The number of fused-ring (bicyclic) bond motifs is 1. The van der Waals surface area contributed by atoms with Gasteiger partial charge in [-0.25, -0.2) is 18.2 Å². The van der Waals surface area contributed by atoms with Crippen molar-refractivity contribution in [1.82, 2.24) is 19.4 Å². The van der Waals surface area contributed by atoms with E-state index in [1.54, 1.807) is 22.9 Å². The molecular formula is C26H32F3N5O. The summed E-state index contributed by atoms with van der Waals surface area (Å²) < 4.78 is 43.3. The molecule has 9 heteroatoms. The van der Waals surface area contributed by atoms with Gasteiger partial charge >= 0.3 is 0 Å². The third kappa shape index (κ3) is 5.66. The van der Waals surface area contributed by atoms with Crippen LogP contribution in [0.4, 0.5) is 19.1 Å². The van der Waals surface area contributed by atoms with Gasteiger partial charge in [0.2, 0.25) is 5.95 Å². The first-order valence-corrected chi connectivity index (χ1v) is 12.1. The van der Waals surface area contributed by atoms with Crippen molar-refractivity contribution < 1.29 is 13.2 Å². The van der Waals surface area contributed by atoms with Gasteiger partial charge in [-0.1, -0.05) is 26.0 Å². The largest absolute Gasteiger partial charge is 0.348 e. The third-order valence-corrected chi connectivity index (χ3v) is 6.94. The molecule has 1 saturated heterocycles. The molecule has 6 nitrogen and oxygen atoms in total. The van der Waals surface area contributed by atoms with E-state index in [-0.39, 0.29) is 55.3 Å². The fourth-order valence-corrected chi connectivity index (χ4v) is 4.32. The van der Waals surface area contributed by atoms with Crippen molar-refractivity contribution in [3.63, 3.8) is 0 Å². The average molecular weight is 488 g/mol. The number of nitrogens with zero attached hydrogens (tertiary/aromatic N) is 4. The molecule has 188 valence electrons. The Labute approximate surface area is 203 Å². The quantitative estimate of drug-likeness (QED) is 0.473. The van der Waals surface area contributed by atoms with Crippen molar-refractivity contribution in [3.05, 3.63) is 63.8 Å². The highest BCUT2D eigenvalue weighted by atomic mass is 19.3. The minimum Gasteiger partial charge on any atom is -0.348 e. The van der Waals surface area contributed by atoms with E-state index in [4.69, 9.17) is 0 Å². The summed E-state index contributed by atoms with van der Waals surface area (Å²) in [6.07, 6.45) is 1.29. The second kappa shape index (κ2) is 9.97. The molecule has 35 heavy (non-hydrogen) atoms. The van der Waals surface area contributed by atoms with E-state index in [9.17, 15) is 18.0 Å². The summed E-state index contributed by atoms with van der Waals surface area (Å²) in [6.45, 7) is 8.79. The second-order valence-electron chi connectivity index (χ2n) is 9.85. The Balaban J connectivity index is 1.51. The maximum atomic E-state index is 14.9. The number of alkyl halides is 2. The first-order chi connectivity index (χ1) is 16.5. The number of hydrogen-bond donors (Lipinski definition) is 1. The van der Waals surface area contributed by atoms with Gasteiger partial charge in [0.05, 0.1) is 6.04 Å². The maximum absolute atomic E-state index is 14.9. The second-order valence-corrected chi connectivity index (χ2v) is 9.85. The van der Waals surface area contributed by atoms with Crippen LogP contribution in [0.3, 0.4) is 0 Å². The molecule has 1 aliphatic heterocycles. The number of hydrogen-bond acceptors (Lipinski definition) is 5. The number of nitrogens with one attached hydrogen (secondary N) is 1. The molecule has 1 N–H and O–H groups in total. The molecular weight excluding hydrogens is 455 g/mol. The van der Waals surface area contributed by atoms with Gasteiger partial charge in [-0.05, 0) is 37.5 Å². The van der Waals surface area contributed by atoms with Gasteiger partial charge in [-0.3, -0.25) is 14.3 Å². The highest BCUT2D eigenvalue weighted by Crippen LogP contribution is 2.29. The first kappa shape index (κ1) is 25.2. The average Bonchev–Trinajstić information content (AvgIpc) is 2.81. The van der Waals surface area contributed by atoms with E-state index in [2.05, 4.69) is 29.1 Å². The summed E-state index contributed by atoms with van der Waals surface area (Å²) in [5.74, 6) is -2.40. The van der Waals surface area contributed by atoms with Gasteiger partial charge < -0.3 is 5.32 Å². The minimum absolute atomic E-state index is 0.0425. The number of pyridine rings is 1. The number of piperidine rings is 1. The van der Waals surface area contributed by atoms with E-state index in [1.807, 2.05) is 24.8 Å². The minimum atomic E-state index is -2.62. The normalized spacial score (nSPS) is 18.1. The van der Waals surface area contributed by atoms with Crippen LogP contribution in [0.1, 0.15) is 63.7 Å². The van der Waals surface area contributed by atoms with Crippen molar-refractivity contribution in [2.75, 3.05) is 18.4 Å². The standard InChI is InChI=1S/C26H32F3N5O/c1-16(2)18(4)34-23(35)8-7-20-14-30-25(32-24(20)34)31-17(3)19-5-6-21(22(27)13-19)15-33-11-9-26(28,29)10-12-33/h5-8,13-14,16-18H,9-12,15H2,1-4H3,(H,30,31,32)/t17-,18-/m0/s1. The van der Waals surface area contributed by atoms with E-state index in [1.165, 1.54) is 12.1 Å². The smallest absolute Gasteiger partial charge is 0.252 e. The van der Waals surface area contributed by atoms with E-state index in [0.29, 0.717) is 29.3 Å². The molecule has 1 aliphatic rings. The first-order valence-electron chi connectivity index (χ1n) is 12.1. The lowest BCUT2D eigenvalue weighted by Gasteiger charge is -2.31. The highest BCUT2D eigenvalue weighted by Gasteiger charge is 2.34. The molecule has 0 radical (unpaired) electrons. The predicted octanol–water partition coefficient (Wildman–Crippen LogP) is 5.55. The molecule has 3 heterocycles. The Kier molecular flexibility index (Phi) is 7.17. The van der Waals surface area contributed by atoms with Crippen LogP contribution in [-0.4, -0.2) is 38.4 Å². The van der Waals surface area contributed by atoms with Crippen molar-refractivity contribution in [3.8, 4) is 0 Å². The molecule has 0 bridgehead atoms. The zero-order valence-electron chi connectivity index (χ0n) is 20.6. The van der Waals surface area contributed by atoms with Gasteiger partial charge in [0.1, 0.15) is 11.5 Å². The van der Waals surface area contributed by atoms with Gasteiger partial charge in [0, 0.05) is 61.7 Å². The molecule has 0 amide bonds. The molecule has 1 aromatic carbocycles. The Bertz CT molecular complexity index is 1250. The SMILES string of the molecule is CC(C)[C@H](C)n1c(=O)ccc2cnc(N[C@@H](C)c3ccc(CN4CCC(F)(F)CC4)c(F)c3)nc21. The summed E-state index contributed by atoms with van der Waals surface area (Å²) in [4.78, 5) is 23.4. The molecule has 2 aromatic heterocycles. The zero-order valence-corrected chi connectivity index (χ0v) is 20.6. The molecule has 3 aromatic rings. The van der Waals surface area contributed by atoms with Crippen LogP contribution < -0.4 is 10.9 Å². The molecule has 1 fully saturated rings. The zero-order chi connectivity index (χ0) is 25.3. The van der Waals surface area contributed by atoms with Gasteiger partial charge in [-0.15, -0.1) is 0 Å². The van der Waals surface area contributed by atoms with Crippen LogP contribution in [0.5, 0.6) is 0 Å². The van der Waals surface area contributed by atoms with Crippen molar-refractivity contribution in [2.45, 2.75) is 65.1 Å². The Hall–Kier alpha value is -2.94. The summed E-state index contributed by atoms with van der Waals surface area (Å²) >= 11 is 0. The molecule has 0 unspecified atom stereocenters. The Morgan fingerprint density at radius 3 is 2.46 bits per heavy atom. The maximum Gasteiger partial charge on any atom is 0.252 e. The highest BCUT2D eigenvalue weighted by molar-refractivity contribution is 5.75. The number of aromatic nitrogens is 3. The Morgan fingerprint density at radius 1 is 1.09 bits per heavy atom. The van der Waals surface area contributed by atoms with Crippen LogP contribution in [-0.2, 0) is 6.54 Å². The van der Waals surface area contributed by atoms with Crippen molar-refractivity contribution in [1.29, 1.82) is 0 Å². The van der Waals surface area contributed by atoms with Crippen LogP contribution in [0.2, 0.25) is 0 Å². The van der Waals surface area contributed by atoms with Crippen molar-refractivity contribution >= 4 is 17.0 Å². The van der Waals surface area contributed by atoms with Crippen LogP contribution in [0, 0.1) is 11.7 Å². The number of likely N-dealkylation sites (tertiary alicyclic amines) is 1. The van der Waals surface area contributed by atoms with E-state index < -0.39 is 5.92 Å². The van der Waals surface area contributed by atoms with E-state index in [0.717, 1.165) is 5.39 Å². The fourth-order valence-electron chi connectivity index (χ4n) is 4.32.